The molecule has 4 aromatic carbocycles. The molecule has 3 aliphatic heterocycles. The second-order valence-electron chi connectivity index (χ2n) is 14.4. The zero-order valence-corrected chi connectivity index (χ0v) is 28.9. The van der Waals surface area contributed by atoms with E-state index >= 15 is 4.79 Å². The fourth-order valence-corrected chi connectivity index (χ4v) is 9.53. The Labute approximate surface area is 305 Å². The maximum absolute atomic E-state index is 15.3. The number of aryl methyl sites for hydroxylation is 1. The molecule has 4 aromatic rings. The maximum atomic E-state index is 15.3. The average Bonchev–Trinajstić information content (AvgIpc) is 3.53. The van der Waals surface area contributed by atoms with Gasteiger partial charge in [-0.25, -0.2) is 0 Å². The summed E-state index contributed by atoms with van der Waals surface area (Å²) in [7, 11) is 0. The first kappa shape index (κ1) is 32.3. The second kappa shape index (κ2) is 12.0. The van der Waals surface area contributed by atoms with Gasteiger partial charge in [-0.3, -0.25) is 29.5 Å². The smallest absolute Gasteiger partial charge is 0.260 e. The molecular formula is C42H34ClN3O6. The predicted molar refractivity (Wildman–Crippen MR) is 194 cm³/mol. The molecule has 3 heterocycles. The fraction of sp³-hybridized carbons (Fsp3) is 0.238. The van der Waals surface area contributed by atoms with Gasteiger partial charge in [-0.1, -0.05) is 71.3 Å². The van der Waals surface area contributed by atoms with Crippen LogP contribution >= 0.6 is 11.6 Å². The van der Waals surface area contributed by atoms with Gasteiger partial charge in [0, 0.05) is 22.9 Å². The third-order valence-corrected chi connectivity index (χ3v) is 11.9. The molecule has 52 heavy (non-hydrogen) atoms. The monoisotopic (exact) mass is 711 g/mol. The van der Waals surface area contributed by atoms with Crippen LogP contribution in [0.25, 0.3) is 0 Å². The summed E-state index contributed by atoms with van der Waals surface area (Å²) >= 11 is 6.15. The summed E-state index contributed by atoms with van der Waals surface area (Å²) < 4.78 is 6.19. The predicted octanol–water partition coefficient (Wildman–Crippen LogP) is 6.89. The standard InChI is InChI=1S/C42H34ClN3O6/c1-23-7-11-28(12-8-23)44-46-39(49)34-21-33-31(16-17-32-36(33)40(50)45(38(32)48)29-13-9-27(43)10-14-29)37(42(34,41(46)51)26-5-3-2-4-6-26)25-19-24-20-30(47)15-18-35(24)52-22-25/h2-16,18,20,22,32-34,36-37,44,47H,17,19,21H2,1H3/t32-,33+,34-,36-,37-,42+/m0/s1. The number of nitrogens with one attached hydrogen (secondary N) is 1. The van der Waals surface area contributed by atoms with Crippen LogP contribution in [0.2, 0.25) is 5.02 Å². The molecule has 260 valence electrons. The van der Waals surface area contributed by atoms with Crippen LogP contribution in [-0.2, 0) is 31.0 Å². The molecule has 0 radical (unpaired) electrons. The molecule has 3 fully saturated rings. The number of ether oxygens (including phenoxy) is 1. The number of carbonyl (C=O) groups excluding carboxylic acids is 4. The van der Waals surface area contributed by atoms with Gasteiger partial charge in [0.25, 0.3) is 11.8 Å². The van der Waals surface area contributed by atoms with E-state index in [1.165, 1.54) is 4.90 Å². The summed E-state index contributed by atoms with van der Waals surface area (Å²) in [4.78, 5) is 60.0. The summed E-state index contributed by atoms with van der Waals surface area (Å²) in [5.41, 5.74) is 6.79. The summed E-state index contributed by atoms with van der Waals surface area (Å²) in [6.45, 7) is 1.96. The van der Waals surface area contributed by atoms with Crippen LogP contribution < -0.4 is 15.1 Å². The van der Waals surface area contributed by atoms with Crippen molar-refractivity contribution >= 4 is 46.6 Å². The van der Waals surface area contributed by atoms with Crippen molar-refractivity contribution < 1.29 is 29.0 Å². The van der Waals surface area contributed by atoms with E-state index in [2.05, 4.69) is 5.43 Å². The van der Waals surface area contributed by atoms with E-state index in [4.69, 9.17) is 16.3 Å². The van der Waals surface area contributed by atoms with Crippen molar-refractivity contribution in [2.75, 3.05) is 10.3 Å². The number of nitrogens with zero attached hydrogens (tertiary/aromatic N) is 2. The highest BCUT2D eigenvalue weighted by Crippen LogP contribution is 2.63. The number of allylic oxidation sites excluding steroid dienone is 3. The van der Waals surface area contributed by atoms with Gasteiger partial charge in [-0.05, 0) is 91.4 Å². The SMILES string of the molecule is Cc1ccc(NN2C(=O)[C@@H]3C[C@@H]4C(=CC[C@@H]5C(=O)N(c6ccc(Cl)cc6)C(=O)[C@@H]54)[C@H](C4=COc5ccc(O)cc5C4)[C@]3(c3ccccc3)C2=O)cc1. The number of rotatable bonds is 5. The fourth-order valence-electron chi connectivity index (χ4n) is 9.41. The molecule has 2 aliphatic carbocycles. The van der Waals surface area contributed by atoms with Crippen molar-refractivity contribution in [2.45, 2.75) is 31.6 Å². The topological polar surface area (TPSA) is 116 Å². The second-order valence-corrected chi connectivity index (χ2v) is 14.8. The molecule has 0 aromatic heterocycles. The Hall–Kier alpha value is -5.67. The first-order chi connectivity index (χ1) is 25.2. The number of aromatic hydroxyl groups is 1. The number of halogens is 1. The molecule has 10 heteroatoms. The van der Waals surface area contributed by atoms with E-state index in [0.29, 0.717) is 40.6 Å². The van der Waals surface area contributed by atoms with Gasteiger partial charge in [0.1, 0.15) is 11.5 Å². The van der Waals surface area contributed by atoms with Crippen molar-refractivity contribution in [3.05, 3.63) is 142 Å². The number of carbonyl (C=O) groups is 4. The number of imide groups is 2. The Morgan fingerprint density at radius 3 is 2.37 bits per heavy atom. The average molecular weight is 712 g/mol. The number of phenolic OH excluding ortho intramolecular Hbond substituents is 1. The minimum atomic E-state index is -1.41. The number of amides is 4. The first-order valence-electron chi connectivity index (χ1n) is 17.4. The van der Waals surface area contributed by atoms with Crippen LogP contribution in [0.5, 0.6) is 11.5 Å². The van der Waals surface area contributed by atoms with Crippen molar-refractivity contribution in [2.24, 2.45) is 29.6 Å². The van der Waals surface area contributed by atoms with Crippen LogP contribution in [0.1, 0.15) is 29.5 Å². The van der Waals surface area contributed by atoms with Crippen LogP contribution in [0.15, 0.2) is 121 Å². The van der Waals surface area contributed by atoms with Crippen LogP contribution in [0.3, 0.4) is 0 Å². The molecule has 9 rings (SSSR count). The Balaban J connectivity index is 1.22. The Bertz CT molecular complexity index is 2230. The zero-order valence-electron chi connectivity index (χ0n) is 28.2. The molecule has 0 unspecified atom stereocenters. The Morgan fingerprint density at radius 2 is 1.62 bits per heavy atom. The summed E-state index contributed by atoms with van der Waals surface area (Å²) in [5, 5.41) is 12.1. The van der Waals surface area contributed by atoms with Gasteiger partial charge >= 0.3 is 0 Å². The van der Waals surface area contributed by atoms with Crippen molar-refractivity contribution in [1.82, 2.24) is 5.01 Å². The molecule has 2 N–H and O–H groups in total. The number of anilines is 2. The van der Waals surface area contributed by atoms with E-state index in [1.807, 2.05) is 67.6 Å². The van der Waals surface area contributed by atoms with Crippen molar-refractivity contribution in [3.8, 4) is 11.5 Å². The van der Waals surface area contributed by atoms with Gasteiger partial charge in [0.15, 0.2) is 0 Å². The molecule has 0 bridgehead atoms. The molecule has 9 nitrogen and oxygen atoms in total. The third kappa shape index (κ3) is 4.68. The van der Waals surface area contributed by atoms with Gasteiger partial charge in [0.2, 0.25) is 11.8 Å². The van der Waals surface area contributed by atoms with E-state index in [1.54, 1.807) is 48.7 Å². The minimum Gasteiger partial charge on any atom is -0.508 e. The largest absolute Gasteiger partial charge is 0.508 e. The molecule has 6 atom stereocenters. The number of hydrogen-bond acceptors (Lipinski definition) is 7. The lowest BCUT2D eigenvalue weighted by atomic mass is 9.48. The highest BCUT2D eigenvalue weighted by molar-refractivity contribution is 6.31. The Morgan fingerprint density at radius 1 is 0.865 bits per heavy atom. The van der Waals surface area contributed by atoms with Crippen LogP contribution in [-0.4, -0.2) is 33.7 Å². The van der Waals surface area contributed by atoms with Crippen molar-refractivity contribution in [1.29, 1.82) is 0 Å². The number of hydrogen-bond donors (Lipinski definition) is 2. The zero-order chi connectivity index (χ0) is 35.9. The third-order valence-electron chi connectivity index (χ3n) is 11.6. The summed E-state index contributed by atoms with van der Waals surface area (Å²) in [5.74, 6) is -4.20. The van der Waals surface area contributed by atoms with E-state index in [0.717, 1.165) is 27.3 Å². The van der Waals surface area contributed by atoms with Crippen molar-refractivity contribution in [3.63, 3.8) is 0 Å². The highest BCUT2D eigenvalue weighted by Gasteiger charge is 2.70. The van der Waals surface area contributed by atoms with Crippen LogP contribution in [0, 0.1) is 36.5 Å². The van der Waals surface area contributed by atoms with E-state index in [-0.39, 0.29) is 24.0 Å². The van der Waals surface area contributed by atoms with E-state index in [9.17, 15) is 19.5 Å². The molecule has 5 aliphatic rings. The Kier molecular flexibility index (Phi) is 7.41. The van der Waals surface area contributed by atoms with Gasteiger partial charge < -0.3 is 9.84 Å². The van der Waals surface area contributed by atoms with Gasteiger partial charge in [-0.15, -0.1) is 0 Å². The first-order valence-corrected chi connectivity index (χ1v) is 17.8. The number of benzene rings is 4. The lowest BCUT2D eigenvalue weighted by molar-refractivity contribution is -0.139. The number of phenols is 1. The summed E-state index contributed by atoms with van der Waals surface area (Å²) in [6.07, 6.45) is 4.52. The maximum Gasteiger partial charge on any atom is 0.260 e. The normalized spacial score (nSPS) is 27.6. The number of fused-ring (bicyclic) bond motifs is 5. The van der Waals surface area contributed by atoms with Gasteiger partial charge in [-0.2, -0.15) is 5.01 Å². The number of hydrazine groups is 1. The molecular weight excluding hydrogens is 678 g/mol. The molecule has 1 saturated carbocycles. The molecule has 4 amide bonds. The van der Waals surface area contributed by atoms with Crippen LogP contribution in [0.4, 0.5) is 11.4 Å². The highest BCUT2D eigenvalue weighted by atomic mass is 35.5. The quantitative estimate of drug-likeness (QED) is 0.171. The molecule has 0 spiro atoms. The summed E-state index contributed by atoms with van der Waals surface area (Å²) in [6, 6.07) is 28.4. The van der Waals surface area contributed by atoms with E-state index < -0.39 is 46.8 Å². The lowest BCUT2D eigenvalue weighted by Gasteiger charge is -2.51. The molecule has 2 saturated heterocycles. The lowest BCUT2D eigenvalue weighted by Crippen LogP contribution is -2.55. The minimum absolute atomic E-state index is 0.0819. The van der Waals surface area contributed by atoms with Gasteiger partial charge in [0.05, 0.1) is 40.8 Å².